The molecule has 1 amide bonds. The number of rotatable bonds is 16. The first-order chi connectivity index (χ1) is 19.5. The molecule has 5 heteroatoms. The van der Waals surface area contributed by atoms with Gasteiger partial charge in [-0.05, 0) is 73.0 Å². The summed E-state index contributed by atoms with van der Waals surface area (Å²) in [4.78, 5) is 23.9. The van der Waals surface area contributed by atoms with Crippen LogP contribution in [0.2, 0.25) is 0 Å². The fraction of sp³-hybridized carbons (Fsp3) is 0.730. The Morgan fingerprint density at radius 1 is 0.905 bits per heavy atom. The van der Waals surface area contributed by atoms with Crippen LogP contribution in [0, 0.1) is 65.1 Å². The zero-order chi connectivity index (χ0) is 32.3. The molecular formula is C37H63NO4. The van der Waals surface area contributed by atoms with Crippen molar-refractivity contribution >= 4 is 12.1 Å². The first kappa shape index (κ1) is 37.7. The summed E-state index contributed by atoms with van der Waals surface area (Å²) in [7, 11) is 0. The molecule has 1 fully saturated rings. The molecule has 1 aliphatic heterocycles. The number of carbonyl (C=O) groups is 2. The van der Waals surface area contributed by atoms with Crippen LogP contribution in [0.5, 0.6) is 0 Å². The monoisotopic (exact) mass is 585 g/mol. The minimum Gasteiger partial charge on any atom is -0.462 e. The third kappa shape index (κ3) is 11.4. The summed E-state index contributed by atoms with van der Waals surface area (Å²) >= 11 is 0. The van der Waals surface area contributed by atoms with E-state index in [1.807, 2.05) is 19.1 Å². The largest absolute Gasteiger partial charge is 0.462 e. The van der Waals surface area contributed by atoms with E-state index < -0.39 is 6.09 Å². The first-order valence-electron chi connectivity index (χ1n) is 16.3. The highest BCUT2D eigenvalue weighted by Gasteiger charge is 2.39. The molecule has 42 heavy (non-hydrogen) atoms. The molecule has 1 heterocycles. The second-order valence-electron chi connectivity index (χ2n) is 14.0. The van der Waals surface area contributed by atoms with E-state index in [1.54, 1.807) is 6.08 Å². The lowest BCUT2D eigenvalue weighted by atomic mass is 9.75. The Bertz CT molecular complexity index is 951. The van der Waals surface area contributed by atoms with E-state index in [0.717, 1.165) is 12.8 Å². The zero-order valence-electron chi connectivity index (χ0n) is 28.8. The Hall–Kier alpha value is -2.30. The molecule has 0 aliphatic carbocycles. The van der Waals surface area contributed by atoms with Gasteiger partial charge < -0.3 is 15.2 Å². The number of hydrogen-bond donors (Lipinski definition) is 1. The van der Waals surface area contributed by atoms with E-state index >= 15 is 0 Å². The SMILES string of the molecule is C=C/C=C\[C@H](C)[C@H](OC(N)=O)[C@@H](C)[C@H](C)[C@@H](C)C/C(C)=C\[C@H](C)[C@@H](C)[C@@H](C)/C=C\[C@@H](C)C[C@@H]1OC(=O)[C@H](C)[C@@H](C)[C@H]1C. The number of primary amides is 1. The quantitative estimate of drug-likeness (QED) is 0.111. The summed E-state index contributed by atoms with van der Waals surface area (Å²) in [6, 6.07) is 0. The number of carbonyl (C=O) groups excluding carboxylic acids is 2. The second kappa shape index (κ2) is 17.7. The van der Waals surface area contributed by atoms with E-state index in [9.17, 15) is 9.59 Å². The minimum absolute atomic E-state index is 0.00265. The highest BCUT2D eigenvalue weighted by molar-refractivity contribution is 5.73. The van der Waals surface area contributed by atoms with Crippen molar-refractivity contribution in [2.45, 2.75) is 108 Å². The van der Waals surface area contributed by atoms with Gasteiger partial charge in [-0.15, -0.1) is 0 Å². The van der Waals surface area contributed by atoms with Crippen molar-refractivity contribution < 1.29 is 19.1 Å². The molecular weight excluding hydrogens is 522 g/mol. The average Bonchev–Trinajstić information content (AvgIpc) is 2.93. The Labute approximate surface area is 258 Å². The van der Waals surface area contributed by atoms with Gasteiger partial charge in [0.15, 0.2) is 0 Å². The second-order valence-corrected chi connectivity index (χ2v) is 14.0. The topological polar surface area (TPSA) is 78.6 Å². The third-order valence-corrected chi connectivity index (χ3v) is 10.6. The maximum Gasteiger partial charge on any atom is 0.404 e. The van der Waals surface area contributed by atoms with Crippen molar-refractivity contribution in [2.75, 3.05) is 0 Å². The number of amides is 1. The lowest BCUT2D eigenvalue weighted by Crippen LogP contribution is -2.42. The molecule has 1 aliphatic rings. The van der Waals surface area contributed by atoms with Gasteiger partial charge in [-0.1, -0.05) is 125 Å². The summed E-state index contributed by atoms with van der Waals surface area (Å²) in [6.45, 7) is 30.3. The minimum atomic E-state index is -0.724. The summed E-state index contributed by atoms with van der Waals surface area (Å²) in [5.41, 5.74) is 6.82. The molecule has 0 radical (unpaired) electrons. The van der Waals surface area contributed by atoms with Crippen LogP contribution in [-0.2, 0) is 14.3 Å². The van der Waals surface area contributed by atoms with Gasteiger partial charge in [-0.2, -0.15) is 0 Å². The maximum absolute atomic E-state index is 12.3. The molecule has 2 N–H and O–H groups in total. The normalized spacial score (nSPS) is 28.3. The molecule has 0 unspecified atom stereocenters. The third-order valence-electron chi connectivity index (χ3n) is 10.6. The summed E-state index contributed by atoms with van der Waals surface area (Å²) in [5.74, 6) is 3.35. The van der Waals surface area contributed by atoms with Crippen LogP contribution in [-0.4, -0.2) is 24.3 Å². The van der Waals surface area contributed by atoms with Crippen LogP contribution in [0.1, 0.15) is 95.9 Å². The van der Waals surface area contributed by atoms with Gasteiger partial charge in [-0.25, -0.2) is 4.79 Å². The average molecular weight is 586 g/mol. The van der Waals surface area contributed by atoms with Gasteiger partial charge in [0.1, 0.15) is 12.2 Å². The Balaban J connectivity index is 2.76. The van der Waals surface area contributed by atoms with Crippen molar-refractivity contribution in [3.05, 3.63) is 48.6 Å². The molecule has 0 aromatic carbocycles. The van der Waals surface area contributed by atoms with Crippen molar-refractivity contribution in [1.82, 2.24) is 0 Å². The Morgan fingerprint density at radius 2 is 1.52 bits per heavy atom. The van der Waals surface area contributed by atoms with Crippen LogP contribution >= 0.6 is 0 Å². The van der Waals surface area contributed by atoms with E-state index in [1.165, 1.54) is 5.57 Å². The Morgan fingerprint density at radius 3 is 2.10 bits per heavy atom. The fourth-order valence-electron chi connectivity index (χ4n) is 6.47. The first-order valence-corrected chi connectivity index (χ1v) is 16.3. The van der Waals surface area contributed by atoms with Crippen molar-refractivity contribution in [3.63, 3.8) is 0 Å². The molecule has 1 saturated heterocycles. The van der Waals surface area contributed by atoms with Gasteiger partial charge in [0.25, 0.3) is 0 Å². The summed E-state index contributed by atoms with van der Waals surface area (Å²) in [6.07, 6.45) is 13.6. The fourth-order valence-corrected chi connectivity index (χ4v) is 6.47. The van der Waals surface area contributed by atoms with Gasteiger partial charge in [0, 0.05) is 5.92 Å². The molecule has 240 valence electrons. The molecule has 0 aromatic rings. The van der Waals surface area contributed by atoms with Crippen molar-refractivity contribution in [1.29, 1.82) is 0 Å². The smallest absolute Gasteiger partial charge is 0.404 e. The number of nitrogens with two attached hydrogens (primary N) is 1. The lowest BCUT2D eigenvalue weighted by Gasteiger charge is -2.38. The molecule has 1 rings (SSSR count). The van der Waals surface area contributed by atoms with E-state index in [-0.39, 0.29) is 35.9 Å². The molecule has 0 saturated carbocycles. The molecule has 13 atom stereocenters. The van der Waals surface area contributed by atoms with Crippen molar-refractivity contribution in [2.24, 2.45) is 70.8 Å². The van der Waals surface area contributed by atoms with Crippen molar-refractivity contribution in [3.8, 4) is 0 Å². The molecule has 5 nitrogen and oxygen atoms in total. The molecule has 0 aromatic heterocycles. The highest BCUT2D eigenvalue weighted by atomic mass is 16.6. The van der Waals surface area contributed by atoms with Gasteiger partial charge in [0.05, 0.1) is 5.92 Å². The Kier molecular flexibility index (Phi) is 15.9. The number of ether oxygens (including phenoxy) is 2. The highest BCUT2D eigenvalue weighted by Crippen LogP contribution is 2.36. The van der Waals surface area contributed by atoms with Gasteiger partial charge >= 0.3 is 12.1 Å². The maximum atomic E-state index is 12.3. The predicted octanol–water partition coefficient (Wildman–Crippen LogP) is 9.40. The summed E-state index contributed by atoms with van der Waals surface area (Å²) in [5, 5.41) is 0. The number of cyclic esters (lactones) is 1. The predicted molar refractivity (Wildman–Crippen MR) is 177 cm³/mol. The van der Waals surface area contributed by atoms with Gasteiger partial charge in [-0.3, -0.25) is 4.79 Å². The van der Waals surface area contributed by atoms with Crippen LogP contribution in [0.25, 0.3) is 0 Å². The van der Waals surface area contributed by atoms with E-state index in [0.29, 0.717) is 47.3 Å². The van der Waals surface area contributed by atoms with Crippen LogP contribution in [0.4, 0.5) is 4.79 Å². The lowest BCUT2D eigenvalue weighted by molar-refractivity contribution is -0.170. The van der Waals surface area contributed by atoms with Crippen LogP contribution in [0.15, 0.2) is 48.6 Å². The number of allylic oxidation sites excluding steroid dienone is 6. The van der Waals surface area contributed by atoms with Gasteiger partial charge in [0.2, 0.25) is 0 Å². The summed E-state index contributed by atoms with van der Waals surface area (Å²) < 4.78 is 11.4. The number of hydrogen-bond acceptors (Lipinski definition) is 4. The standard InChI is InChI=1S/C37H63NO4/c1-14-15-16-25(5)35(42-37(38)40)32(12)29(9)27(7)20-23(3)19-26(6)28(8)24(4)18-17-22(2)21-34-31(11)30(10)33(13)36(39)41-34/h14-19,22,24-35H,1,20-21H2,2-13H3,(H2,38,40)/b16-15-,18-17-,23-19-/t22-,24+,25+,26+,27+,28+,29-,30+,31-,32+,33-,34+,35+/m1/s1. The van der Waals surface area contributed by atoms with E-state index in [4.69, 9.17) is 15.2 Å². The van der Waals surface area contributed by atoms with Crippen LogP contribution in [0.3, 0.4) is 0 Å². The zero-order valence-corrected chi connectivity index (χ0v) is 28.8. The number of esters is 1. The van der Waals surface area contributed by atoms with E-state index in [2.05, 4.69) is 101 Å². The molecule has 0 spiro atoms. The van der Waals surface area contributed by atoms with Crippen LogP contribution < -0.4 is 5.73 Å². The molecule has 0 bridgehead atoms.